The van der Waals surface area contributed by atoms with Crippen molar-refractivity contribution in [2.45, 2.75) is 0 Å². The molecule has 0 saturated carbocycles. The minimum Gasteiger partial charge on any atom is -0.456 e. The SMILES string of the molecule is c1ccc(-c2nc(-c3ccccc3)nc(-c3cc(-c4cccc5c4ccc4oc6ccccc6c45)c4ccccc4c3)n2)cc1. The maximum atomic E-state index is 6.23. The first-order valence-electron chi connectivity index (χ1n) is 15.0. The standard InChI is InChI=1S/C41H25N3O/c1-3-12-26(13-4-1)39-42-40(27-14-5-2-6-15-27)44-41(43-39)29-24-28-16-7-8-17-30(28)35(25-29)31-19-11-20-33-32(31)22-23-37-38(33)34-18-9-10-21-36(34)45-37/h1-25H. The van der Waals surface area contributed by atoms with Crippen LogP contribution in [0.2, 0.25) is 0 Å². The predicted molar refractivity (Wildman–Crippen MR) is 184 cm³/mol. The largest absolute Gasteiger partial charge is 0.456 e. The summed E-state index contributed by atoms with van der Waals surface area (Å²) >= 11 is 0. The van der Waals surface area contributed by atoms with E-state index in [1.54, 1.807) is 0 Å². The van der Waals surface area contributed by atoms with Gasteiger partial charge in [0.2, 0.25) is 0 Å². The Balaban J connectivity index is 1.31. The van der Waals surface area contributed by atoms with Crippen molar-refractivity contribution >= 4 is 43.5 Å². The zero-order valence-corrected chi connectivity index (χ0v) is 24.2. The molecular formula is C41H25N3O. The van der Waals surface area contributed by atoms with E-state index in [1.165, 1.54) is 16.2 Å². The van der Waals surface area contributed by atoms with Gasteiger partial charge in [0.05, 0.1) is 0 Å². The second-order valence-corrected chi connectivity index (χ2v) is 11.2. The maximum Gasteiger partial charge on any atom is 0.164 e. The molecule has 0 aliphatic rings. The second kappa shape index (κ2) is 10.2. The smallest absolute Gasteiger partial charge is 0.164 e. The number of furan rings is 1. The van der Waals surface area contributed by atoms with E-state index in [9.17, 15) is 0 Å². The van der Waals surface area contributed by atoms with Gasteiger partial charge >= 0.3 is 0 Å². The summed E-state index contributed by atoms with van der Waals surface area (Å²) < 4.78 is 6.23. The van der Waals surface area contributed by atoms with E-state index in [0.29, 0.717) is 17.5 Å². The van der Waals surface area contributed by atoms with Crippen LogP contribution in [0, 0.1) is 0 Å². The summed E-state index contributed by atoms with van der Waals surface area (Å²) in [5, 5.41) is 6.90. The van der Waals surface area contributed by atoms with Crippen molar-refractivity contribution < 1.29 is 4.42 Å². The summed E-state index contributed by atoms with van der Waals surface area (Å²) in [4.78, 5) is 15.0. The summed E-state index contributed by atoms with van der Waals surface area (Å²) in [6.07, 6.45) is 0. The highest BCUT2D eigenvalue weighted by atomic mass is 16.3. The highest BCUT2D eigenvalue weighted by Gasteiger charge is 2.17. The van der Waals surface area contributed by atoms with Crippen LogP contribution in [0.4, 0.5) is 0 Å². The van der Waals surface area contributed by atoms with Gasteiger partial charge in [-0.05, 0) is 56.9 Å². The minimum absolute atomic E-state index is 0.637. The molecule has 9 rings (SSSR count). The summed E-state index contributed by atoms with van der Waals surface area (Å²) in [5.74, 6) is 1.93. The lowest BCUT2D eigenvalue weighted by atomic mass is 9.91. The molecule has 0 amide bonds. The van der Waals surface area contributed by atoms with Crippen LogP contribution in [0.25, 0.3) is 88.8 Å². The lowest BCUT2D eigenvalue weighted by Gasteiger charge is -2.14. The van der Waals surface area contributed by atoms with E-state index >= 15 is 0 Å². The van der Waals surface area contributed by atoms with Gasteiger partial charge in [-0.25, -0.2) is 15.0 Å². The molecular weight excluding hydrogens is 550 g/mol. The average molecular weight is 576 g/mol. The summed E-state index contributed by atoms with van der Waals surface area (Å²) in [6.45, 7) is 0. The van der Waals surface area contributed by atoms with Gasteiger partial charge in [0.15, 0.2) is 17.5 Å². The van der Waals surface area contributed by atoms with Crippen LogP contribution in [0.15, 0.2) is 156 Å². The number of para-hydroxylation sites is 1. The molecule has 2 aromatic heterocycles. The highest BCUT2D eigenvalue weighted by molar-refractivity contribution is 6.21. The van der Waals surface area contributed by atoms with Crippen molar-refractivity contribution in [3.8, 4) is 45.3 Å². The Morgan fingerprint density at radius 1 is 0.356 bits per heavy atom. The molecule has 0 aliphatic heterocycles. The lowest BCUT2D eigenvalue weighted by Crippen LogP contribution is -2.00. The molecule has 0 fully saturated rings. The van der Waals surface area contributed by atoms with Crippen molar-refractivity contribution in [2.75, 3.05) is 0 Å². The van der Waals surface area contributed by atoms with E-state index in [0.717, 1.165) is 55.1 Å². The van der Waals surface area contributed by atoms with Gasteiger partial charge in [-0.3, -0.25) is 0 Å². The third-order valence-corrected chi connectivity index (χ3v) is 8.51. The van der Waals surface area contributed by atoms with Crippen molar-refractivity contribution in [1.82, 2.24) is 15.0 Å². The Morgan fingerprint density at radius 2 is 0.956 bits per heavy atom. The van der Waals surface area contributed by atoms with Gasteiger partial charge < -0.3 is 4.42 Å². The molecule has 9 aromatic rings. The number of benzene rings is 7. The van der Waals surface area contributed by atoms with Crippen LogP contribution in [0.5, 0.6) is 0 Å². The van der Waals surface area contributed by atoms with Crippen LogP contribution >= 0.6 is 0 Å². The first-order chi connectivity index (χ1) is 22.3. The van der Waals surface area contributed by atoms with Gasteiger partial charge in [0, 0.05) is 27.5 Å². The first-order valence-corrected chi connectivity index (χ1v) is 15.0. The fourth-order valence-corrected chi connectivity index (χ4v) is 6.42. The zero-order valence-electron chi connectivity index (χ0n) is 24.2. The summed E-state index contributed by atoms with van der Waals surface area (Å²) in [6, 6.07) is 52.2. The van der Waals surface area contributed by atoms with Crippen LogP contribution < -0.4 is 0 Å². The van der Waals surface area contributed by atoms with E-state index in [-0.39, 0.29) is 0 Å². The van der Waals surface area contributed by atoms with E-state index < -0.39 is 0 Å². The fourth-order valence-electron chi connectivity index (χ4n) is 6.42. The van der Waals surface area contributed by atoms with Gasteiger partial charge in [-0.15, -0.1) is 0 Å². The Kier molecular flexibility index (Phi) is 5.78. The van der Waals surface area contributed by atoms with Gasteiger partial charge in [-0.1, -0.05) is 127 Å². The third-order valence-electron chi connectivity index (χ3n) is 8.51. The van der Waals surface area contributed by atoms with Gasteiger partial charge in [0.25, 0.3) is 0 Å². The Morgan fingerprint density at radius 3 is 1.69 bits per heavy atom. The van der Waals surface area contributed by atoms with Gasteiger partial charge in [0.1, 0.15) is 11.2 Å². The maximum absolute atomic E-state index is 6.23. The Labute approximate surface area is 259 Å². The summed E-state index contributed by atoms with van der Waals surface area (Å²) in [5.41, 5.74) is 6.91. The normalized spacial score (nSPS) is 11.6. The number of fused-ring (bicyclic) bond motifs is 6. The van der Waals surface area contributed by atoms with Crippen molar-refractivity contribution in [3.63, 3.8) is 0 Å². The van der Waals surface area contributed by atoms with Crippen LogP contribution in [-0.2, 0) is 0 Å². The number of aromatic nitrogens is 3. The molecule has 45 heavy (non-hydrogen) atoms. The number of rotatable bonds is 4. The molecule has 0 atom stereocenters. The molecule has 0 radical (unpaired) electrons. The number of hydrogen-bond donors (Lipinski definition) is 0. The van der Waals surface area contributed by atoms with Crippen LogP contribution in [-0.4, -0.2) is 15.0 Å². The highest BCUT2D eigenvalue weighted by Crippen LogP contribution is 2.41. The molecule has 0 spiro atoms. The topological polar surface area (TPSA) is 51.8 Å². The van der Waals surface area contributed by atoms with Crippen molar-refractivity contribution in [3.05, 3.63) is 152 Å². The molecule has 0 aliphatic carbocycles. The van der Waals surface area contributed by atoms with E-state index in [1.807, 2.05) is 72.8 Å². The Hall–Kier alpha value is -6.13. The predicted octanol–water partition coefficient (Wildman–Crippen LogP) is 10.7. The molecule has 7 aromatic carbocycles. The van der Waals surface area contributed by atoms with Gasteiger partial charge in [-0.2, -0.15) is 0 Å². The minimum atomic E-state index is 0.637. The molecule has 4 nitrogen and oxygen atoms in total. The molecule has 0 unspecified atom stereocenters. The molecule has 0 saturated heterocycles. The average Bonchev–Trinajstić information content (AvgIpc) is 3.51. The molecule has 0 bridgehead atoms. The number of nitrogens with zero attached hydrogens (tertiary/aromatic N) is 3. The van der Waals surface area contributed by atoms with Crippen LogP contribution in [0.3, 0.4) is 0 Å². The van der Waals surface area contributed by atoms with Crippen LogP contribution in [0.1, 0.15) is 0 Å². The monoisotopic (exact) mass is 575 g/mol. The first kappa shape index (κ1) is 25.4. The second-order valence-electron chi connectivity index (χ2n) is 11.2. The lowest BCUT2D eigenvalue weighted by molar-refractivity contribution is 0.669. The van der Waals surface area contributed by atoms with Crippen molar-refractivity contribution in [1.29, 1.82) is 0 Å². The molecule has 0 N–H and O–H groups in total. The quantitative estimate of drug-likeness (QED) is 0.209. The Bertz CT molecular complexity index is 2480. The zero-order chi connectivity index (χ0) is 29.7. The molecule has 4 heteroatoms. The van der Waals surface area contributed by atoms with E-state index in [2.05, 4.69) is 78.9 Å². The molecule has 210 valence electrons. The summed E-state index contributed by atoms with van der Waals surface area (Å²) in [7, 11) is 0. The van der Waals surface area contributed by atoms with E-state index in [4.69, 9.17) is 19.4 Å². The fraction of sp³-hybridized carbons (Fsp3) is 0. The third kappa shape index (κ3) is 4.27. The number of hydrogen-bond acceptors (Lipinski definition) is 4. The molecule has 2 heterocycles. The van der Waals surface area contributed by atoms with Crippen molar-refractivity contribution in [2.24, 2.45) is 0 Å².